The standard InChI is InChI=1S/C11H6BrFN2O/c12-9-3-1-2-8(10(9)13)11(16)7-4-5-14-15-6-7/h1-6H. The van der Waals surface area contributed by atoms with E-state index < -0.39 is 11.6 Å². The van der Waals surface area contributed by atoms with Gasteiger partial charge in [0.25, 0.3) is 0 Å². The van der Waals surface area contributed by atoms with E-state index in [2.05, 4.69) is 26.1 Å². The number of nitrogens with zero attached hydrogens (tertiary/aromatic N) is 2. The van der Waals surface area contributed by atoms with Gasteiger partial charge >= 0.3 is 0 Å². The van der Waals surface area contributed by atoms with E-state index in [-0.39, 0.29) is 10.0 Å². The minimum atomic E-state index is -0.565. The maximum atomic E-state index is 13.6. The molecule has 0 saturated heterocycles. The Morgan fingerprint density at radius 3 is 2.75 bits per heavy atom. The molecule has 0 aliphatic carbocycles. The van der Waals surface area contributed by atoms with Gasteiger partial charge in [0.05, 0.1) is 22.4 Å². The first-order valence-electron chi connectivity index (χ1n) is 4.45. The van der Waals surface area contributed by atoms with Crippen LogP contribution in [-0.4, -0.2) is 16.0 Å². The first-order valence-corrected chi connectivity index (χ1v) is 5.25. The lowest BCUT2D eigenvalue weighted by Crippen LogP contribution is -2.05. The van der Waals surface area contributed by atoms with Crippen LogP contribution in [0.1, 0.15) is 15.9 Å². The first kappa shape index (κ1) is 10.9. The van der Waals surface area contributed by atoms with Crippen molar-refractivity contribution in [3.8, 4) is 0 Å². The van der Waals surface area contributed by atoms with Crippen molar-refractivity contribution in [1.29, 1.82) is 0 Å². The molecule has 0 amide bonds. The van der Waals surface area contributed by atoms with Gasteiger partial charge in [-0.25, -0.2) is 4.39 Å². The Hall–Kier alpha value is -1.62. The van der Waals surface area contributed by atoms with Crippen LogP contribution in [0.5, 0.6) is 0 Å². The van der Waals surface area contributed by atoms with Crippen LogP contribution < -0.4 is 0 Å². The lowest BCUT2D eigenvalue weighted by Gasteiger charge is -2.02. The summed E-state index contributed by atoms with van der Waals surface area (Å²) >= 11 is 3.03. The van der Waals surface area contributed by atoms with Gasteiger partial charge in [0.15, 0.2) is 5.78 Å². The molecule has 0 spiro atoms. The van der Waals surface area contributed by atoms with Crippen LogP contribution in [0.25, 0.3) is 0 Å². The average Bonchev–Trinajstić information content (AvgIpc) is 2.33. The van der Waals surface area contributed by atoms with Crippen LogP contribution in [0, 0.1) is 5.82 Å². The SMILES string of the molecule is O=C(c1ccnnc1)c1cccc(Br)c1F. The van der Waals surface area contributed by atoms with E-state index in [0.29, 0.717) is 5.56 Å². The van der Waals surface area contributed by atoms with E-state index in [9.17, 15) is 9.18 Å². The predicted molar refractivity (Wildman–Crippen MR) is 59.6 cm³/mol. The molecule has 80 valence electrons. The molecule has 0 N–H and O–H groups in total. The Balaban J connectivity index is 2.46. The zero-order valence-electron chi connectivity index (χ0n) is 8.02. The van der Waals surface area contributed by atoms with Gasteiger partial charge in [0.2, 0.25) is 0 Å². The second kappa shape index (κ2) is 4.49. The fraction of sp³-hybridized carbons (Fsp3) is 0. The number of benzene rings is 1. The van der Waals surface area contributed by atoms with Crippen molar-refractivity contribution in [1.82, 2.24) is 10.2 Å². The fourth-order valence-corrected chi connectivity index (χ4v) is 1.63. The highest BCUT2D eigenvalue weighted by Crippen LogP contribution is 2.20. The monoisotopic (exact) mass is 280 g/mol. The van der Waals surface area contributed by atoms with Crippen LogP contribution in [-0.2, 0) is 0 Å². The average molecular weight is 281 g/mol. The van der Waals surface area contributed by atoms with Gasteiger partial charge in [-0.3, -0.25) is 4.79 Å². The molecule has 0 saturated carbocycles. The molecule has 0 aliphatic heterocycles. The van der Waals surface area contributed by atoms with Gasteiger partial charge in [-0.1, -0.05) is 6.07 Å². The molecule has 0 fully saturated rings. The van der Waals surface area contributed by atoms with Crippen molar-refractivity contribution >= 4 is 21.7 Å². The lowest BCUT2D eigenvalue weighted by atomic mass is 10.1. The summed E-state index contributed by atoms with van der Waals surface area (Å²) in [6.45, 7) is 0. The Morgan fingerprint density at radius 1 is 1.25 bits per heavy atom. The van der Waals surface area contributed by atoms with Crippen LogP contribution in [0.2, 0.25) is 0 Å². The molecule has 1 heterocycles. The van der Waals surface area contributed by atoms with Crippen molar-refractivity contribution in [2.45, 2.75) is 0 Å². The second-order valence-corrected chi connectivity index (χ2v) is 3.92. The number of aromatic nitrogens is 2. The van der Waals surface area contributed by atoms with E-state index in [0.717, 1.165) is 0 Å². The van der Waals surface area contributed by atoms with Crippen LogP contribution in [0.4, 0.5) is 4.39 Å². The molecule has 0 aliphatic rings. The third-order valence-electron chi connectivity index (χ3n) is 2.04. The summed E-state index contributed by atoms with van der Waals surface area (Å²) in [6, 6.07) is 6.07. The number of carbonyl (C=O) groups excluding carboxylic acids is 1. The van der Waals surface area contributed by atoms with E-state index in [4.69, 9.17) is 0 Å². The number of halogens is 2. The number of hydrogen-bond acceptors (Lipinski definition) is 3. The zero-order valence-corrected chi connectivity index (χ0v) is 9.61. The molecule has 0 unspecified atom stereocenters. The molecule has 1 aromatic heterocycles. The minimum absolute atomic E-state index is 0.0161. The molecule has 16 heavy (non-hydrogen) atoms. The summed E-state index contributed by atoms with van der Waals surface area (Å²) in [6.07, 6.45) is 2.70. The fourth-order valence-electron chi connectivity index (χ4n) is 1.26. The van der Waals surface area contributed by atoms with Crippen molar-refractivity contribution in [3.63, 3.8) is 0 Å². The molecular weight excluding hydrogens is 275 g/mol. The number of hydrogen-bond donors (Lipinski definition) is 0. The Bertz CT molecular complexity index is 531. The summed E-state index contributed by atoms with van der Waals surface area (Å²) in [5, 5.41) is 7.13. The number of carbonyl (C=O) groups is 1. The molecule has 1 aromatic carbocycles. The summed E-state index contributed by atoms with van der Waals surface area (Å²) in [5.41, 5.74) is 0.328. The summed E-state index contributed by atoms with van der Waals surface area (Å²) in [5.74, 6) is -0.974. The smallest absolute Gasteiger partial charge is 0.197 e. The van der Waals surface area contributed by atoms with Gasteiger partial charge in [0, 0.05) is 5.56 Å². The topological polar surface area (TPSA) is 42.9 Å². The van der Waals surface area contributed by atoms with E-state index in [1.807, 2.05) is 0 Å². The molecule has 0 atom stereocenters. The van der Waals surface area contributed by atoms with Gasteiger partial charge < -0.3 is 0 Å². The second-order valence-electron chi connectivity index (χ2n) is 3.06. The van der Waals surface area contributed by atoms with Crippen LogP contribution in [0.15, 0.2) is 41.1 Å². The minimum Gasteiger partial charge on any atom is -0.288 e. The highest BCUT2D eigenvalue weighted by Gasteiger charge is 2.15. The molecule has 3 nitrogen and oxygen atoms in total. The molecular formula is C11H6BrFN2O. The van der Waals surface area contributed by atoms with Crippen LogP contribution >= 0.6 is 15.9 Å². The Kier molecular flexibility index (Phi) is 3.05. The normalized spacial score (nSPS) is 10.1. The summed E-state index contributed by atoms with van der Waals surface area (Å²) in [7, 11) is 0. The van der Waals surface area contributed by atoms with Gasteiger partial charge in [-0.15, -0.1) is 0 Å². The first-order chi connectivity index (χ1) is 7.70. The van der Waals surface area contributed by atoms with Gasteiger partial charge in [0.1, 0.15) is 5.82 Å². The highest BCUT2D eigenvalue weighted by molar-refractivity contribution is 9.10. The molecule has 0 bridgehead atoms. The third kappa shape index (κ3) is 1.99. The predicted octanol–water partition coefficient (Wildman–Crippen LogP) is 2.61. The molecule has 2 rings (SSSR count). The van der Waals surface area contributed by atoms with Crippen molar-refractivity contribution in [2.24, 2.45) is 0 Å². The third-order valence-corrected chi connectivity index (χ3v) is 2.66. The highest BCUT2D eigenvalue weighted by atomic mass is 79.9. The summed E-state index contributed by atoms with van der Waals surface area (Å²) < 4.78 is 13.9. The number of ketones is 1. The van der Waals surface area contributed by atoms with Crippen molar-refractivity contribution in [3.05, 3.63) is 58.1 Å². The van der Waals surface area contributed by atoms with E-state index >= 15 is 0 Å². The maximum Gasteiger partial charge on any atom is 0.197 e. The Morgan fingerprint density at radius 2 is 2.06 bits per heavy atom. The lowest BCUT2D eigenvalue weighted by molar-refractivity contribution is 0.103. The molecule has 5 heteroatoms. The van der Waals surface area contributed by atoms with Crippen molar-refractivity contribution in [2.75, 3.05) is 0 Å². The van der Waals surface area contributed by atoms with Crippen molar-refractivity contribution < 1.29 is 9.18 Å². The van der Waals surface area contributed by atoms with Gasteiger partial charge in [-0.2, -0.15) is 10.2 Å². The Labute approximate surface area is 99.5 Å². The maximum absolute atomic E-state index is 13.6. The van der Waals surface area contributed by atoms with Gasteiger partial charge in [-0.05, 0) is 34.1 Å². The molecule has 0 radical (unpaired) electrons. The van der Waals surface area contributed by atoms with E-state index in [1.54, 1.807) is 6.07 Å². The zero-order chi connectivity index (χ0) is 11.5. The van der Waals surface area contributed by atoms with E-state index in [1.165, 1.54) is 30.6 Å². The summed E-state index contributed by atoms with van der Waals surface area (Å²) in [4.78, 5) is 11.9. The molecule has 2 aromatic rings. The number of rotatable bonds is 2. The van der Waals surface area contributed by atoms with Crippen LogP contribution in [0.3, 0.4) is 0 Å². The largest absolute Gasteiger partial charge is 0.288 e. The quantitative estimate of drug-likeness (QED) is 0.795.